The van der Waals surface area contributed by atoms with Gasteiger partial charge in [-0.15, -0.1) is 6.58 Å². The zero-order valence-corrected chi connectivity index (χ0v) is 10.1. The van der Waals surface area contributed by atoms with Gasteiger partial charge in [-0.3, -0.25) is 0 Å². The second-order valence-corrected chi connectivity index (χ2v) is 4.24. The lowest BCUT2D eigenvalue weighted by Crippen LogP contribution is -2.11. The summed E-state index contributed by atoms with van der Waals surface area (Å²) in [5.74, 6) is -1.48. The molecule has 0 radical (unpaired) electrons. The Hall–Kier alpha value is -1.33. The Labute approximate surface area is 102 Å². The molecule has 0 aromatic heterocycles. The molecule has 0 saturated carbocycles. The predicted octanol–water partition coefficient (Wildman–Crippen LogP) is 2.43. The highest BCUT2D eigenvalue weighted by Gasteiger charge is 2.18. The lowest BCUT2D eigenvalue weighted by Gasteiger charge is -2.13. The third-order valence-corrected chi connectivity index (χ3v) is 2.61. The molecule has 86 valence electrons. The number of halogens is 1. The van der Waals surface area contributed by atoms with Crippen molar-refractivity contribution in [1.82, 2.24) is 0 Å². The number of hydrogen-bond acceptors (Lipinski definition) is 3. The van der Waals surface area contributed by atoms with Gasteiger partial charge in [-0.05, 0) is 18.6 Å². The lowest BCUT2D eigenvalue weighted by molar-refractivity contribution is 0.0693. The molecule has 0 bridgehead atoms. The molecule has 1 aromatic rings. The fourth-order valence-electron chi connectivity index (χ4n) is 1.37. The molecular weight excluding hydrogens is 274 g/mol. The first-order valence-electron chi connectivity index (χ1n) is 4.59. The van der Waals surface area contributed by atoms with E-state index in [-0.39, 0.29) is 11.3 Å². The maximum Gasteiger partial charge on any atom is 0.339 e. The monoisotopic (exact) mass is 285 g/mol. The minimum absolute atomic E-state index is 0.163. The van der Waals surface area contributed by atoms with Crippen molar-refractivity contribution in [3.8, 4) is 5.75 Å². The normalized spacial score (nSPS) is 12.1. The first kappa shape index (κ1) is 12.7. The summed E-state index contributed by atoms with van der Waals surface area (Å²) in [5.41, 5.74) is 6.03. The van der Waals surface area contributed by atoms with Crippen LogP contribution in [0.3, 0.4) is 0 Å². The van der Waals surface area contributed by atoms with Gasteiger partial charge in [-0.25, -0.2) is 4.79 Å². The maximum atomic E-state index is 10.9. The summed E-state index contributed by atoms with van der Waals surface area (Å²) in [5, 5.41) is 18.6. The number of aromatic carboxylic acids is 1. The Morgan fingerprint density at radius 1 is 1.62 bits per heavy atom. The van der Waals surface area contributed by atoms with Crippen LogP contribution in [0.2, 0.25) is 0 Å². The van der Waals surface area contributed by atoms with E-state index in [4.69, 9.17) is 10.8 Å². The van der Waals surface area contributed by atoms with Gasteiger partial charge in [0.1, 0.15) is 11.3 Å². The SMILES string of the molecule is C=CC[C@H](N)c1cc(Br)cc(C(=O)O)c1O. The van der Waals surface area contributed by atoms with Crippen molar-refractivity contribution in [2.45, 2.75) is 12.5 Å². The average Bonchev–Trinajstić information content (AvgIpc) is 2.20. The fraction of sp³-hybridized carbons (Fsp3) is 0.182. The number of aromatic hydroxyl groups is 1. The van der Waals surface area contributed by atoms with Gasteiger partial charge in [-0.1, -0.05) is 22.0 Å². The Balaban J connectivity index is 3.28. The summed E-state index contributed by atoms with van der Waals surface area (Å²) < 4.78 is 0.567. The third kappa shape index (κ3) is 2.62. The van der Waals surface area contributed by atoms with Crippen LogP contribution in [0, 0.1) is 0 Å². The van der Waals surface area contributed by atoms with Crippen molar-refractivity contribution < 1.29 is 15.0 Å². The van der Waals surface area contributed by atoms with Crippen molar-refractivity contribution in [2.24, 2.45) is 5.73 Å². The van der Waals surface area contributed by atoms with Crippen LogP contribution in [0.4, 0.5) is 0 Å². The van der Waals surface area contributed by atoms with Gasteiger partial charge in [0.2, 0.25) is 0 Å². The molecule has 1 atom stereocenters. The molecule has 5 heteroatoms. The largest absolute Gasteiger partial charge is 0.507 e. The van der Waals surface area contributed by atoms with E-state index in [9.17, 15) is 9.90 Å². The Morgan fingerprint density at radius 2 is 2.25 bits per heavy atom. The van der Waals surface area contributed by atoms with E-state index in [1.807, 2.05) is 0 Å². The van der Waals surface area contributed by atoms with Gasteiger partial charge in [0, 0.05) is 16.1 Å². The molecule has 0 aliphatic rings. The van der Waals surface area contributed by atoms with E-state index < -0.39 is 12.0 Å². The maximum absolute atomic E-state index is 10.9. The molecule has 0 unspecified atom stereocenters. The van der Waals surface area contributed by atoms with E-state index in [1.165, 1.54) is 6.07 Å². The molecule has 0 heterocycles. The van der Waals surface area contributed by atoms with Gasteiger partial charge in [-0.2, -0.15) is 0 Å². The summed E-state index contributed by atoms with van der Waals surface area (Å²) >= 11 is 3.18. The third-order valence-electron chi connectivity index (χ3n) is 2.15. The van der Waals surface area contributed by atoms with Crippen molar-refractivity contribution in [2.75, 3.05) is 0 Å². The molecule has 4 N–H and O–H groups in total. The summed E-state index contributed by atoms with van der Waals surface area (Å²) in [6.07, 6.45) is 2.08. The van der Waals surface area contributed by atoms with E-state index in [0.29, 0.717) is 16.5 Å². The molecule has 0 aliphatic carbocycles. The topological polar surface area (TPSA) is 83.6 Å². The minimum atomic E-state index is -1.19. The fourth-order valence-corrected chi connectivity index (χ4v) is 1.85. The Bertz CT molecular complexity index is 431. The second-order valence-electron chi connectivity index (χ2n) is 3.33. The number of nitrogens with two attached hydrogens (primary N) is 1. The first-order valence-corrected chi connectivity index (χ1v) is 5.38. The van der Waals surface area contributed by atoms with Gasteiger partial charge in [0.15, 0.2) is 0 Å². The summed E-state index contributed by atoms with van der Waals surface area (Å²) in [4.78, 5) is 10.9. The quantitative estimate of drug-likeness (QED) is 0.742. The zero-order valence-electron chi connectivity index (χ0n) is 8.48. The van der Waals surface area contributed by atoms with Gasteiger partial charge < -0.3 is 15.9 Å². The molecule has 0 fully saturated rings. The molecule has 0 saturated heterocycles. The molecule has 1 aromatic carbocycles. The molecule has 1 rings (SSSR count). The smallest absolute Gasteiger partial charge is 0.339 e. The minimum Gasteiger partial charge on any atom is -0.507 e. The number of carboxylic acid groups (broad SMARTS) is 1. The van der Waals surface area contributed by atoms with Crippen LogP contribution in [0.25, 0.3) is 0 Å². The summed E-state index contributed by atoms with van der Waals surface area (Å²) in [6, 6.07) is 2.48. The van der Waals surface area contributed by atoms with Crippen molar-refractivity contribution in [3.05, 3.63) is 40.4 Å². The average molecular weight is 286 g/mol. The van der Waals surface area contributed by atoms with Crippen LogP contribution in [0.15, 0.2) is 29.3 Å². The molecule has 0 amide bonds. The molecule has 0 aliphatic heterocycles. The van der Waals surface area contributed by atoms with Crippen molar-refractivity contribution in [3.63, 3.8) is 0 Å². The Morgan fingerprint density at radius 3 is 2.75 bits per heavy atom. The van der Waals surface area contributed by atoms with Crippen molar-refractivity contribution >= 4 is 21.9 Å². The summed E-state index contributed by atoms with van der Waals surface area (Å²) in [6.45, 7) is 3.55. The van der Waals surface area contributed by atoms with Crippen LogP contribution in [-0.4, -0.2) is 16.2 Å². The number of phenols is 1. The number of hydrogen-bond donors (Lipinski definition) is 3. The van der Waals surface area contributed by atoms with E-state index >= 15 is 0 Å². The zero-order chi connectivity index (χ0) is 12.3. The van der Waals surface area contributed by atoms with E-state index in [1.54, 1.807) is 12.1 Å². The number of carbonyl (C=O) groups is 1. The second kappa shape index (κ2) is 5.14. The molecular formula is C11H12BrNO3. The highest BCUT2D eigenvalue weighted by Crippen LogP contribution is 2.32. The number of rotatable bonds is 4. The van der Waals surface area contributed by atoms with Gasteiger partial charge >= 0.3 is 5.97 Å². The standard InChI is InChI=1S/C11H12BrNO3/c1-2-3-9(13)7-4-6(12)5-8(10(7)14)11(15)16/h2,4-5,9,14H,1,3,13H2,(H,15,16)/t9-/m0/s1. The number of carboxylic acids is 1. The van der Waals surface area contributed by atoms with Crippen LogP contribution in [-0.2, 0) is 0 Å². The van der Waals surface area contributed by atoms with Crippen LogP contribution in [0.1, 0.15) is 28.4 Å². The highest BCUT2D eigenvalue weighted by molar-refractivity contribution is 9.10. The Kier molecular flexibility index (Phi) is 4.09. The van der Waals surface area contributed by atoms with E-state index in [2.05, 4.69) is 22.5 Å². The molecule has 0 spiro atoms. The predicted molar refractivity (Wildman–Crippen MR) is 64.5 cm³/mol. The molecule has 16 heavy (non-hydrogen) atoms. The van der Waals surface area contributed by atoms with E-state index in [0.717, 1.165) is 0 Å². The van der Waals surface area contributed by atoms with Gasteiger partial charge in [0.25, 0.3) is 0 Å². The van der Waals surface area contributed by atoms with Gasteiger partial charge in [0.05, 0.1) is 0 Å². The van der Waals surface area contributed by atoms with Crippen LogP contribution in [0.5, 0.6) is 5.75 Å². The highest BCUT2D eigenvalue weighted by atomic mass is 79.9. The van der Waals surface area contributed by atoms with Crippen molar-refractivity contribution in [1.29, 1.82) is 0 Å². The first-order chi connectivity index (χ1) is 7.47. The lowest BCUT2D eigenvalue weighted by atomic mass is 10.0. The molecule has 4 nitrogen and oxygen atoms in total. The van der Waals surface area contributed by atoms with Crippen LogP contribution < -0.4 is 5.73 Å². The number of benzene rings is 1. The summed E-state index contributed by atoms with van der Waals surface area (Å²) in [7, 11) is 0. The van der Waals surface area contributed by atoms with Crippen LogP contribution >= 0.6 is 15.9 Å².